The first-order chi connectivity index (χ1) is 10.3. The summed E-state index contributed by atoms with van der Waals surface area (Å²) in [6, 6.07) is 10.8. The number of carbonyl (C=O) groups is 1. The van der Waals surface area contributed by atoms with Gasteiger partial charge in [-0.1, -0.05) is 15.9 Å². The molecule has 0 amide bonds. The number of rotatable bonds is 4. The van der Waals surface area contributed by atoms with E-state index < -0.39 is 16.0 Å². The lowest BCUT2D eigenvalue weighted by Gasteiger charge is -2.11. The van der Waals surface area contributed by atoms with E-state index >= 15 is 0 Å². The molecule has 0 atom stereocenters. The van der Waals surface area contributed by atoms with Crippen LogP contribution in [0.15, 0.2) is 51.8 Å². The summed E-state index contributed by atoms with van der Waals surface area (Å²) in [6.07, 6.45) is 0. The molecule has 0 bridgehead atoms. The van der Waals surface area contributed by atoms with Gasteiger partial charge < -0.3 is 4.74 Å². The van der Waals surface area contributed by atoms with Crippen LogP contribution in [0.3, 0.4) is 0 Å². The fourth-order valence-corrected chi connectivity index (χ4v) is 3.44. The Morgan fingerprint density at radius 2 is 1.77 bits per heavy atom. The Balaban J connectivity index is 2.28. The van der Waals surface area contributed by atoms with E-state index in [1.807, 2.05) is 13.0 Å². The molecule has 0 unspecified atom stereocenters. The minimum atomic E-state index is -3.72. The third kappa shape index (κ3) is 3.66. The van der Waals surface area contributed by atoms with Gasteiger partial charge in [-0.2, -0.15) is 0 Å². The number of methoxy groups -OCH3 is 1. The molecule has 5 nitrogen and oxygen atoms in total. The molecule has 0 aliphatic carbocycles. The second-order valence-corrected chi connectivity index (χ2v) is 7.18. The number of hydrogen-bond donors (Lipinski definition) is 1. The third-order valence-corrected chi connectivity index (χ3v) is 4.89. The molecule has 1 N–H and O–H groups in total. The molecule has 0 aromatic heterocycles. The SMILES string of the molecule is COC(=O)c1ccc(S(=O)(=O)Nc2ccc(Br)cc2C)cc1. The standard InChI is InChI=1S/C15H14BrNO4S/c1-10-9-12(16)5-8-14(10)17-22(19,20)13-6-3-11(4-7-13)15(18)21-2/h3-9,17H,1-2H3. The molecule has 2 rings (SSSR count). The van der Waals surface area contributed by atoms with E-state index in [2.05, 4.69) is 25.4 Å². The van der Waals surface area contributed by atoms with Crippen molar-refractivity contribution in [2.24, 2.45) is 0 Å². The summed E-state index contributed by atoms with van der Waals surface area (Å²) in [5.74, 6) is -0.513. The number of esters is 1. The fraction of sp³-hybridized carbons (Fsp3) is 0.133. The predicted molar refractivity (Wildman–Crippen MR) is 87.5 cm³/mol. The van der Waals surface area contributed by atoms with E-state index in [1.54, 1.807) is 12.1 Å². The zero-order valence-electron chi connectivity index (χ0n) is 12.0. The molecular weight excluding hydrogens is 370 g/mol. The van der Waals surface area contributed by atoms with Crippen molar-refractivity contribution >= 4 is 37.6 Å². The van der Waals surface area contributed by atoms with E-state index in [0.717, 1.165) is 10.0 Å². The highest BCUT2D eigenvalue weighted by atomic mass is 79.9. The van der Waals surface area contributed by atoms with Crippen LogP contribution in [0.1, 0.15) is 15.9 Å². The van der Waals surface area contributed by atoms with Crippen molar-refractivity contribution < 1.29 is 17.9 Å². The van der Waals surface area contributed by atoms with Crippen LogP contribution < -0.4 is 4.72 Å². The molecule has 0 heterocycles. The van der Waals surface area contributed by atoms with Crippen molar-refractivity contribution in [3.8, 4) is 0 Å². The van der Waals surface area contributed by atoms with E-state index in [0.29, 0.717) is 11.3 Å². The molecule has 0 radical (unpaired) electrons. The highest BCUT2D eigenvalue weighted by Crippen LogP contribution is 2.23. The van der Waals surface area contributed by atoms with Crippen LogP contribution in [0.4, 0.5) is 5.69 Å². The third-order valence-electron chi connectivity index (χ3n) is 3.02. The van der Waals surface area contributed by atoms with Crippen LogP contribution in [0.25, 0.3) is 0 Å². The van der Waals surface area contributed by atoms with E-state index in [-0.39, 0.29) is 4.90 Å². The van der Waals surface area contributed by atoms with Crippen LogP contribution in [0.2, 0.25) is 0 Å². The number of halogens is 1. The second kappa shape index (κ2) is 6.50. The highest BCUT2D eigenvalue weighted by Gasteiger charge is 2.16. The number of hydrogen-bond acceptors (Lipinski definition) is 4. The second-order valence-electron chi connectivity index (χ2n) is 4.58. The molecule has 2 aromatic carbocycles. The van der Waals surface area contributed by atoms with Gasteiger partial charge in [-0.25, -0.2) is 13.2 Å². The van der Waals surface area contributed by atoms with E-state index in [4.69, 9.17) is 0 Å². The number of aryl methyl sites for hydroxylation is 1. The Kier molecular flexibility index (Phi) is 4.87. The van der Waals surface area contributed by atoms with Crippen molar-refractivity contribution in [1.82, 2.24) is 0 Å². The Morgan fingerprint density at radius 1 is 1.14 bits per heavy atom. The average Bonchev–Trinajstić information content (AvgIpc) is 2.49. The van der Waals surface area contributed by atoms with Crippen molar-refractivity contribution in [1.29, 1.82) is 0 Å². The molecule has 116 valence electrons. The minimum Gasteiger partial charge on any atom is -0.465 e. The van der Waals surface area contributed by atoms with Gasteiger partial charge in [0.05, 0.1) is 23.3 Å². The quantitative estimate of drug-likeness (QED) is 0.821. The summed E-state index contributed by atoms with van der Waals surface area (Å²) in [4.78, 5) is 11.4. The monoisotopic (exact) mass is 383 g/mol. The molecule has 0 saturated carbocycles. The number of nitrogens with one attached hydrogen (secondary N) is 1. The lowest BCUT2D eigenvalue weighted by molar-refractivity contribution is 0.0600. The van der Waals surface area contributed by atoms with Gasteiger partial charge in [-0.15, -0.1) is 0 Å². The smallest absolute Gasteiger partial charge is 0.337 e. The topological polar surface area (TPSA) is 72.5 Å². The van der Waals surface area contributed by atoms with Crippen LogP contribution in [0, 0.1) is 6.92 Å². The summed E-state index contributed by atoms with van der Waals surface area (Å²) < 4.78 is 32.7. The molecular formula is C15H14BrNO4S. The molecule has 22 heavy (non-hydrogen) atoms. The maximum Gasteiger partial charge on any atom is 0.337 e. The molecule has 0 aliphatic heterocycles. The van der Waals surface area contributed by atoms with Crippen LogP contribution in [0.5, 0.6) is 0 Å². The summed E-state index contributed by atoms with van der Waals surface area (Å²) >= 11 is 3.33. The normalized spacial score (nSPS) is 11.0. The first-order valence-corrected chi connectivity index (χ1v) is 8.58. The van der Waals surface area contributed by atoms with E-state index in [1.165, 1.54) is 31.4 Å². The van der Waals surface area contributed by atoms with Crippen LogP contribution in [-0.2, 0) is 14.8 Å². The first kappa shape index (κ1) is 16.5. The van der Waals surface area contributed by atoms with Crippen molar-refractivity contribution in [3.63, 3.8) is 0 Å². The summed E-state index contributed by atoms with van der Waals surface area (Å²) in [7, 11) is -2.45. The van der Waals surface area contributed by atoms with Crippen molar-refractivity contribution in [3.05, 3.63) is 58.1 Å². The lowest BCUT2D eigenvalue weighted by Crippen LogP contribution is -2.14. The Labute approximate surface area is 137 Å². The van der Waals surface area contributed by atoms with Gasteiger partial charge in [0.1, 0.15) is 0 Å². The summed E-state index contributed by atoms with van der Waals surface area (Å²) in [6.45, 7) is 1.81. The van der Waals surface area contributed by atoms with Crippen molar-refractivity contribution in [2.45, 2.75) is 11.8 Å². The zero-order chi connectivity index (χ0) is 16.3. The van der Waals surface area contributed by atoms with Gasteiger partial charge in [0, 0.05) is 4.47 Å². The molecule has 7 heteroatoms. The number of benzene rings is 2. The fourth-order valence-electron chi connectivity index (χ4n) is 1.83. The Morgan fingerprint density at radius 3 is 2.32 bits per heavy atom. The molecule has 0 saturated heterocycles. The maximum absolute atomic E-state index is 12.4. The average molecular weight is 384 g/mol. The predicted octanol–water partition coefficient (Wildman–Crippen LogP) is 3.34. The van der Waals surface area contributed by atoms with Gasteiger partial charge >= 0.3 is 5.97 Å². The van der Waals surface area contributed by atoms with Gasteiger partial charge in [-0.3, -0.25) is 4.72 Å². The maximum atomic E-state index is 12.4. The van der Waals surface area contributed by atoms with Gasteiger partial charge in [0.25, 0.3) is 10.0 Å². The van der Waals surface area contributed by atoms with Gasteiger partial charge in [-0.05, 0) is 55.0 Å². The lowest BCUT2D eigenvalue weighted by atomic mass is 10.2. The number of carbonyl (C=O) groups excluding carboxylic acids is 1. The number of anilines is 1. The summed E-state index contributed by atoms with van der Waals surface area (Å²) in [5, 5.41) is 0. The molecule has 0 aliphatic rings. The Hall–Kier alpha value is -1.86. The largest absolute Gasteiger partial charge is 0.465 e. The Bertz CT molecular complexity index is 801. The zero-order valence-corrected chi connectivity index (χ0v) is 14.4. The van der Waals surface area contributed by atoms with Crippen LogP contribution in [-0.4, -0.2) is 21.5 Å². The summed E-state index contributed by atoms with van der Waals surface area (Å²) in [5.41, 5.74) is 1.59. The first-order valence-electron chi connectivity index (χ1n) is 6.31. The number of ether oxygens (including phenoxy) is 1. The molecule has 0 spiro atoms. The number of sulfonamides is 1. The highest BCUT2D eigenvalue weighted by molar-refractivity contribution is 9.10. The van der Waals surface area contributed by atoms with Crippen LogP contribution >= 0.6 is 15.9 Å². The van der Waals surface area contributed by atoms with Crippen molar-refractivity contribution in [2.75, 3.05) is 11.8 Å². The van der Waals surface area contributed by atoms with Gasteiger partial charge in [0.2, 0.25) is 0 Å². The van der Waals surface area contributed by atoms with Gasteiger partial charge in [0.15, 0.2) is 0 Å². The molecule has 0 fully saturated rings. The minimum absolute atomic E-state index is 0.0717. The van der Waals surface area contributed by atoms with E-state index in [9.17, 15) is 13.2 Å². The molecule has 2 aromatic rings.